The zero-order valence-electron chi connectivity index (χ0n) is 11.7. The molecule has 2 N–H and O–H groups in total. The Morgan fingerprint density at radius 1 is 1.50 bits per heavy atom. The number of anilines is 1. The fourth-order valence-electron chi connectivity index (χ4n) is 2.48. The van der Waals surface area contributed by atoms with Crippen molar-refractivity contribution in [1.29, 1.82) is 0 Å². The van der Waals surface area contributed by atoms with Gasteiger partial charge in [0, 0.05) is 25.3 Å². The average molecular weight is 249 g/mol. The highest BCUT2D eigenvalue weighted by molar-refractivity contribution is 5.41. The molecule has 1 aliphatic rings. The maximum absolute atomic E-state index is 5.90. The summed E-state index contributed by atoms with van der Waals surface area (Å²) in [7, 11) is 0. The smallest absolute Gasteiger partial charge is 0.128 e. The summed E-state index contributed by atoms with van der Waals surface area (Å²) in [5, 5.41) is 0. The van der Waals surface area contributed by atoms with E-state index in [1.54, 1.807) is 0 Å². The summed E-state index contributed by atoms with van der Waals surface area (Å²) >= 11 is 0. The van der Waals surface area contributed by atoms with E-state index in [0.29, 0.717) is 0 Å². The predicted molar refractivity (Wildman–Crippen MR) is 73.7 cm³/mol. The fourth-order valence-corrected chi connectivity index (χ4v) is 2.48. The number of hydrogen-bond acceptors (Lipinski definition) is 4. The first kappa shape index (κ1) is 13.3. The molecule has 2 atom stereocenters. The van der Waals surface area contributed by atoms with Crippen molar-refractivity contribution in [3.63, 3.8) is 0 Å². The largest absolute Gasteiger partial charge is 0.369 e. The van der Waals surface area contributed by atoms with Gasteiger partial charge in [0.05, 0.1) is 11.7 Å². The summed E-state index contributed by atoms with van der Waals surface area (Å²) in [6.07, 6.45) is 2.09. The van der Waals surface area contributed by atoms with Gasteiger partial charge in [-0.2, -0.15) is 0 Å². The van der Waals surface area contributed by atoms with Crippen molar-refractivity contribution in [2.24, 2.45) is 5.73 Å². The minimum Gasteiger partial charge on any atom is -0.369 e. The maximum atomic E-state index is 5.90. The van der Waals surface area contributed by atoms with Crippen molar-refractivity contribution in [3.8, 4) is 0 Å². The summed E-state index contributed by atoms with van der Waals surface area (Å²) < 4.78 is 5.90. The number of nitrogens with two attached hydrogens (primary N) is 1. The van der Waals surface area contributed by atoms with Gasteiger partial charge in [-0.1, -0.05) is 6.07 Å². The van der Waals surface area contributed by atoms with Crippen molar-refractivity contribution in [2.45, 2.75) is 45.4 Å². The third-order valence-corrected chi connectivity index (χ3v) is 3.19. The second-order valence-electron chi connectivity index (χ2n) is 5.81. The van der Waals surface area contributed by atoms with Crippen molar-refractivity contribution in [1.82, 2.24) is 4.98 Å². The molecule has 4 heteroatoms. The minimum absolute atomic E-state index is 0.0339. The van der Waals surface area contributed by atoms with Crippen LogP contribution in [0.15, 0.2) is 18.3 Å². The number of hydrogen-bond donors (Lipinski definition) is 1. The van der Waals surface area contributed by atoms with Gasteiger partial charge in [-0.25, -0.2) is 4.98 Å². The van der Waals surface area contributed by atoms with Crippen molar-refractivity contribution in [3.05, 3.63) is 23.9 Å². The van der Waals surface area contributed by atoms with Gasteiger partial charge in [-0.15, -0.1) is 0 Å². The minimum atomic E-state index is -0.126. The lowest BCUT2D eigenvalue weighted by molar-refractivity contribution is -0.0751. The summed E-state index contributed by atoms with van der Waals surface area (Å²) in [6.45, 7) is 10.1. The Bertz CT molecular complexity index is 400. The van der Waals surface area contributed by atoms with E-state index in [2.05, 4.69) is 36.7 Å². The Morgan fingerprint density at radius 3 is 2.72 bits per heavy atom. The van der Waals surface area contributed by atoms with Crippen molar-refractivity contribution in [2.75, 3.05) is 18.0 Å². The SMILES string of the molecule is CC1CN(c2ccc([C@H](C)N)cn2)CC(C)(C)O1. The Labute approximate surface area is 109 Å². The monoisotopic (exact) mass is 249 g/mol. The first-order valence-electron chi connectivity index (χ1n) is 6.52. The summed E-state index contributed by atoms with van der Waals surface area (Å²) in [5.41, 5.74) is 6.78. The first-order valence-corrected chi connectivity index (χ1v) is 6.52. The number of rotatable bonds is 2. The maximum Gasteiger partial charge on any atom is 0.128 e. The molecule has 1 aromatic heterocycles. The van der Waals surface area contributed by atoms with E-state index in [4.69, 9.17) is 10.5 Å². The second kappa shape index (κ2) is 4.86. The molecule has 2 rings (SSSR count). The fraction of sp³-hybridized carbons (Fsp3) is 0.643. The van der Waals surface area contributed by atoms with E-state index in [1.165, 1.54) is 0 Å². The van der Waals surface area contributed by atoms with E-state index >= 15 is 0 Å². The van der Waals surface area contributed by atoms with E-state index < -0.39 is 0 Å². The van der Waals surface area contributed by atoms with Gasteiger partial charge in [0.1, 0.15) is 5.82 Å². The van der Waals surface area contributed by atoms with Crippen LogP contribution < -0.4 is 10.6 Å². The molecule has 0 saturated carbocycles. The molecule has 1 aromatic rings. The third kappa shape index (κ3) is 3.00. The molecule has 100 valence electrons. The summed E-state index contributed by atoms with van der Waals surface area (Å²) in [4.78, 5) is 6.79. The molecule has 0 bridgehead atoms. The highest BCUT2D eigenvalue weighted by Crippen LogP contribution is 2.25. The lowest BCUT2D eigenvalue weighted by atomic mass is 10.1. The van der Waals surface area contributed by atoms with Gasteiger partial charge in [0.2, 0.25) is 0 Å². The average Bonchev–Trinajstić information content (AvgIpc) is 2.26. The predicted octanol–water partition coefficient (Wildman–Crippen LogP) is 2.10. The van der Waals surface area contributed by atoms with Crippen molar-refractivity contribution >= 4 is 5.82 Å². The molecular formula is C14H23N3O. The topological polar surface area (TPSA) is 51.4 Å². The number of ether oxygens (including phenoxy) is 1. The quantitative estimate of drug-likeness (QED) is 0.872. The van der Waals surface area contributed by atoms with E-state index in [9.17, 15) is 0 Å². The molecule has 0 aromatic carbocycles. The van der Waals surface area contributed by atoms with Crippen LogP contribution in [-0.4, -0.2) is 29.8 Å². The zero-order valence-corrected chi connectivity index (χ0v) is 11.7. The molecule has 0 radical (unpaired) electrons. The van der Waals surface area contributed by atoms with E-state index in [0.717, 1.165) is 24.5 Å². The van der Waals surface area contributed by atoms with Crippen LogP contribution in [0.4, 0.5) is 5.82 Å². The summed E-state index contributed by atoms with van der Waals surface area (Å²) in [5.74, 6) is 1.00. The Balaban J connectivity index is 2.15. The van der Waals surface area contributed by atoms with Gasteiger partial charge in [0.15, 0.2) is 0 Å². The highest BCUT2D eigenvalue weighted by Gasteiger charge is 2.31. The zero-order chi connectivity index (χ0) is 13.3. The van der Waals surface area contributed by atoms with Crippen LogP contribution in [0.5, 0.6) is 0 Å². The van der Waals surface area contributed by atoms with Gasteiger partial charge in [-0.05, 0) is 39.3 Å². The van der Waals surface area contributed by atoms with E-state index in [1.807, 2.05) is 19.2 Å². The normalized spacial score (nSPS) is 24.9. The lowest BCUT2D eigenvalue weighted by Gasteiger charge is -2.42. The van der Waals surface area contributed by atoms with Crippen LogP contribution in [0.1, 0.15) is 39.3 Å². The van der Waals surface area contributed by atoms with Gasteiger partial charge in [0.25, 0.3) is 0 Å². The molecular weight excluding hydrogens is 226 g/mol. The molecule has 4 nitrogen and oxygen atoms in total. The van der Waals surface area contributed by atoms with Crippen LogP contribution >= 0.6 is 0 Å². The summed E-state index contributed by atoms with van der Waals surface area (Å²) in [6, 6.07) is 4.14. The van der Waals surface area contributed by atoms with Crippen LogP contribution in [0.2, 0.25) is 0 Å². The van der Waals surface area contributed by atoms with Crippen LogP contribution in [0.25, 0.3) is 0 Å². The van der Waals surface area contributed by atoms with Gasteiger partial charge in [-0.3, -0.25) is 0 Å². The Morgan fingerprint density at radius 2 is 2.22 bits per heavy atom. The van der Waals surface area contributed by atoms with Crippen LogP contribution in [-0.2, 0) is 4.74 Å². The van der Waals surface area contributed by atoms with Crippen molar-refractivity contribution < 1.29 is 4.74 Å². The molecule has 0 spiro atoms. The highest BCUT2D eigenvalue weighted by atomic mass is 16.5. The molecule has 0 aliphatic carbocycles. The molecule has 1 fully saturated rings. The van der Waals surface area contributed by atoms with Gasteiger partial charge >= 0.3 is 0 Å². The number of pyridine rings is 1. The van der Waals surface area contributed by atoms with Gasteiger partial charge < -0.3 is 15.4 Å². The molecule has 0 amide bonds. The molecule has 1 aliphatic heterocycles. The van der Waals surface area contributed by atoms with Crippen LogP contribution in [0, 0.1) is 0 Å². The lowest BCUT2D eigenvalue weighted by Crippen LogP contribution is -2.52. The molecule has 18 heavy (non-hydrogen) atoms. The number of nitrogens with zero attached hydrogens (tertiary/aromatic N) is 2. The Hall–Kier alpha value is -1.13. The standard InChI is InChI=1S/C14H23N3O/c1-10-8-17(9-14(3,4)18-10)13-6-5-12(7-16-13)11(2)15/h5-7,10-11H,8-9,15H2,1-4H3/t10?,11-/m0/s1. The second-order valence-corrected chi connectivity index (χ2v) is 5.81. The molecule has 1 unspecified atom stereocenters. The third-order valence-electron chi connectivity index (χ3n) is 3.19. The van der Waals surface area contributed by atoms with Crippen LogP contribution in [0.3, 0.4) is 0 Å². The number of morpholine rings is 1. The first-order chi connectivity index (χ1) is 8.37. The number of aromatic nitrogens is 1. The molecule has 2 heterocycles. The van der Waals surface area contributed by atoms with E-state index in [-0.39, 0.29) is 17.7 Å². The molecule has 1 saturated heterocycles. The Kier molecular flexibility index (Phi) is 3.59.